The van der Waals surface area contributed by atoms with Crippen LogP contribution in [0.25, 0.3) is 0 Å². The molecular formula is C17H19NO2. The third-order valence-electron chi connectivity index (χ3n) is 4.02. The van der Waals surface area contributed by atoms with Crippen LogP contribution in [0.5, 0.6) is 0 Å². The maximum Gasteiger partial charge on any atom is 0.238 e. The third-order valence-corrected chi connectivity index (χ3v) is 4.02. The van der Waals surface area contributed by atoms with Crippen LogP contribution in [0.1, 0.15) is 42.0 Å². The standard InChI is InChI=1S/C17H19NO2/c1-6-7-13-8-10(2)14(11(3)9-13)15-16(19)12(4)18(5)17(15)20/h8-9,12,15H,1-5H3. The lowest BCUT2D eigenvalue weighted by atomic mass is 9.86. The average molecular weight is 269 g/mol. The maximum atomic E-state index is 12.4. The number of hydrogen-bond acceptors (Lipinski definition) is 2. The zero-order chi connectivity index (χ0) is 15.0. The van der Waals surface area contributed by atoms with Gasteiger partial charge in [-0.1, -0.05) is 5.92 Å². The van der Waals surface area contributed by atoms with Crippen molar-refractivity contribution in [2.45, 2.75) is 39.7 Å². The first-order valence-corrected chi connectivity index (χ1v) is 6.72. The normalized spacial score (nSPS) is 21.9. The van der Waals surface area contributed by atoms with Gasteiger partial charge in [0.1, 0.15) is 5.92 Å². The number of nitrogens with zero attached hydrogens (tertiary/aromatic N) is 1. The van der Waals surface area contributed by atoms with Crippen LogP contribution in [0, 0.1) is 25.7 Å². The van der Waals surface area contributed by atoms with E-state index < -0.39 is 5.92 Å². The Bertz CT molecular complexity index is 606. The number of hydrogen-bond donors (Lipinski definition) is 0. The zero-order valence-electron chi connectivity index (χ0n) is 12.6. The smallest absolute Gasteiger partial charge is 0.238 e. The van der Waals surface area contributed by atoms with Crippen LogP contribution in [0.4, 0.5) is 0 Å². The first-order valence-electron chi connectivity index (χ1n) is 6.72. The lowest BCUT2D eigenvalue weighted by molar-refractivity contribution is -0.128. The van der Waals surface area contributed by atoms with Crippen molar-refractivity contribution < 1.29 is 9.59 Å². The summed E-state index contributed by atoms with van der Waals surface area (Å²) in [5, 5.41) is 0. The van der Waals surface area contributed by atoms with Crippen LogP contribution in [0.3, 0.4) is 0 Å². The first-order chi connectivity index (χ1) is 9.38. The van der Waals surface area contributed by atoms with Gasteiger partial charge in [-0.2, -0.15) is 0 Å². The molecule has 0 saturated carbocycles. The Morgan fingerprint density at radius 3 is 2.10 bits per heavy atom. The predicted molar refractivity (Wildman–Crippen MR) is 78.4 cm³/mol. The molecule has 2 rings (SSSR count). The maximum absolute atomic E-state index is 12.4. The number of carbonyl (C=O) groups excluding carboxylic acids is 2. The van der Waals surface area contributed by atoms with Crippen molar-refractivity contribution in [3.63, 3.8) is 0 Å². The summed E-state index contributed by atoms with van der Waals surface area (Å²) < 4.78 is 0. The molecule has 0 bridgehead atoms. The van der Waals surface area contributed by atoms with E-state index >= 15 is 0 Å². The summed E-state index contributed by atoms with van der Waals surface area (Å²) in [5.41, 5.74) is 3.68. The number of aryl methyl sites for hydroxylation is 2. The summed E-state index contributed by atoms with van der Waals surface area (Å²) in [6, 6.07) is 3.55. The van der Waals surface area contributed by atoms with Crippen LogP contribution < -0.4 is 0 Å². The average Bonchev–Trinajstić information content (AvgIpc) is 2.56. The molecule has 2 atom stereocenters. The number of benzene rings is 1. The number of ketones is 1. The number of likely N-dealkylation sites (tertiary alicyclic amines) is 1. The predicted octanol–water partition coefficient (Wildman–Crippen LogP) is 2.19. The first kappa shape index (κ1) is 14.3. The number of rotatable bonds is 1. The van der Waals surface area contributed by atoms with E-state index in [1.807, 2.05) is 26.0 Å². The molecular weight excluding hydrogens is 250 g/mol. The van der Waals surface area contributed by atoms with Crippen molar-refractivity contribution in [2.75, 3.05) is 7.05 Å². The summed E-state index contributed by atoms with van der Waals surface area (Å²) >= 11 is 0. The molecule has 1 aromatic carbocycles. The van der Waals surface area contributed by atoms with Gasteiger partial charge in [0, 0.05) is 12.6 Å². The van der Waals surface area contributed by atoms with E-state index in [0.717, 1.165) is 22.3 Å². The molecule has 0 aliphatic carbocycles. The monoisotopic (exact) mass is 269 g/mol. The Balaban J connectivity index is 2.56. The van der Waals surface area contributed by atoms with Crippen LogP contribution in [-0.2, 0) is 9.59 Å². The van der Waals surface area contributed by atoms with Gasteiger partial charge in [-0.15, -0.1) is 5.92 Å². The molecule has 2 unspecified atom stereocenters. The molecule has 3 nitrogen and oxygen atoms in total. The Morgan fingerprint density at radius 2 is 1.70 bits per heavy atom. The summed E-state index contributed by atoms with van der Waals surface area (Å²) in [6.45, 7) is 7.44. The fourth-order valence-corrected chi connectivity index (χ4v) is 2.86. The molecule has 0 radical (unpaired) electrons. The van der Waals surface area contributed by atoms with Gasteiger partial charge < -0.3 is 4.90 Å². The molecule has 1 fully saturated rings. The van der Waals surface area contributed by atoms with Crippen LogP contribution in [0.15, 0.2) is 12.1 Å². The minimum absolute atomic E-state index is 0.0157. The quantitative estimate of drug-likeness (QED) is 0.579. The summed E-state index contributed by atoms with van der Waals surface area (Å²) in [7, 11) is 1.69. The summed E-state index contributed by atoms with van der Waals surface area (Å²) in [6.07, 6.45) is 0. The van der Waals surface area contributed by atoms with Gasteiger partial charge in [0.15, 0.2) is 5.78 Å². The van der Waals surface area contributed by atoms with Crippen molar-refractivity contribution in [1.29, 1.82) is 0 Å². The number of likely N-dealkylation sites (N-methyl/N-ethyl adjacent to an activating group) is 1. The van der Waals surface area contributed by atoms with Crippen molar-refractivity contribution in [3.05, 3.63) is 34.4 Å². The van der Waals surface area contributed by atoms with E-state index in [4.69, 9.17) is 0 Å². The molecule has 1 aromatic rings. The largest absolute Gasteiger partial charge is 0.335 e. The fraction of sp³-hybridized carbons (Fsp3) is 0.412. The Kier molecular flexibility index (Phi) is 3.67. The molecule has 0 spiro atoms. The minimum Gasteiger partial charge on any atom is -0.335 e. The van der Waals surface area contributed by atoms with Gasteiger partial charge in [-0.05, 0) is 56.5 Å². The molecule has 1 amide bonds. The molecule has 3 heteroatoms. The second-order valence-electron chi connectivity index (χ2n) is 5.36. The van der Waals surface area contributed by atoms with Gasteiger partial charge in [0.05, 0.1) is 6.04 Å². The van der Waals surface area contributed by atoms with Gasteiger partial charge in [0.2, 0.25) is 5.91 Å². The molecule has 1 heterocycles. The highest BCUT2D eigenvalue weighted by molar-refractivity contribution is 6.15. The molecule has 1 saturated heterocycles. The Hall–Kier alpha value is -2.08. The molecule has 20 heavy (non-hydrogen) atoms. The number of Topliss-reactive ketones (excluding diaryl/α,β-unsaturated/α-hetero) is 1. The van der Waals surface area contributed by atoms with Crippen molar-refractivity contribution in [1.82, 2.24) is 4.90 Å². The highest BCUT2D eigenvalue weighted by Crippen LogP contribution is 2.33. The lowest BCUT2D eigenvalue weighted by Gasteiger charge is -2.15. The van der Waals surface area contributed by atoms with Gasteiger partial charge in [0.25, 0.3) is 0 Å². The zero-order valence-corrected chi connectivity index (χ0v) is 12.6. The van der Waals surface area contributed by atoms with Gasteiger partial charge in [-0.25, -0.2) is 0 Å². The topological polar surface area (TPSA) is 37.4 Å². The highest BCUT2D eigenvalue weighted by Gasteiger charge is 2.44. The van der Waals surface area contributed by atoms with Crippen LogP contribution in [0.2, 0.25) is 0 Å². The molecule has 1 aliphatic rings. The second kappa shape index (κ2) is 5.13. The fourth-order valence-electron chi connectivity index (χ4n) is 2.86. The van der Waals surface area contributed by atoms with E-state index in [-0.39, 0.29) is 17.7 Å². The van der Waals surface area contributed by atoms with Crippen molar-refractivity contribution >= 4 is 11.7 Å². The van der Waals surface area contributed by atoms with Gasteiger partial charge in [-0.3, -0.25) is 9.59 Å². The van der Waals surface area contributed by atoms with E-state index in [1.54, 1.807) is 20.9 Å². The van der Waals surface area contributed by atoms with Crippen LogP contribution >= 0.6 is 0 Å². The van der Waals surface area contributed by atoms with Crippen LogP contribution in [-0.4, -0.2) is 29.7 Å². The summed E-state index contributed by atoms with van der Waals surface area (Å²) in [5.74, 6) is 5.11. The second-order valence-corrected chi connectivity index (χ2v) is 5.36. The van der Waals surface area contributed by atoms with Crippen molar-refractivity contribution in [2.24, 2.45) is 0 Å². The number of amides is 1. The lowest BCUT2D eigenvalue weighted by Crippen LogP contribution is -2.28. The Labute approximate surface area is 120 Å². The van der Waals surface area contributed by atoms with E-state index in [2.05, 4.69) is 11.8 Å². The SMILES string of the molecule is CC#Cc1cc(C)c(C2C(=O)C(C)N(C)C2=O)c(C)c1. The molecule has 0 N–H and O–H groups in total. The van der Waals surface area contributed by atoms with E-state index in [9.17, 15) is 9.59 Å². The van der Waals surface area contributed by atoms with E-state index in [0.29, 0.717) is 0 Å². The molecule has 104 valence electrons. The highest BCUT2D eigenvalue weighted by atomic mass is 16.2. The third kappa shape index (κ3) is 2.12. The molecule has 1 aliphatic heterocycles. The molecule has 0 aromatic heterocycles. The summed E-state index contributed by atoms with van der Waals surface area (Å²) in [4.78, 5) is 26.2. The Morgan fingerprint density at radius 1 is 1.15 bits per heavy atom. The van der Waals surface area contributed by atoms with E-state index in [1.165, 1.54) is 4.90 Å². The van der Waals surface area contributed by atoms with Gasteiger partial charge >= 0.3 is 0 Å². The minimum atomic E-state index is -0.654. The number of carbonyl (C=O) groups is 2. The van der Waals surface area contributed by atoms with Crippen molar-refractivity contribution in [3.8, 4) is 11.8 Å².